The zero-order chi connectivity index (χ0) is 16.4. The Morgan fingerprint density at radius 2 is 2.14 bits per heavy atom. The van der Waals surface area contributed by atoms with Gasteiger partial charge in [-0.1, -0.05) is 23.4 Å². The number of halogens is 1. The molecule has 116 valence electrons. The fraction of sp³-hybridized carbons (Fsp3) is 0.250. The van der Waals surface area contributed by atoms with E-state index in [0.717, 1.165) is 16.8 Å². The SMILES string of the molecule is CC(=O)NC1=NN(C(C)=O)[C@H](c2cc([N+](=O)[O-])ccc2Cl)S1. The van der Waals surface area contributed by atoms with Crippen molar-refractivity contribution in [2.75, 3.05) is 0 Å². The van der Waals surface area contributed by atoms with Crippen LogP contribution in [0, 0.1) is 10.1 Å². The number of nitrogens with zero attached hydrogens (tertiary/aromatic N) is 3. The number of non-ortho nitro benzene ring substituents is 1. The zero-order valence-electron chi connectivity index (χ0n) is 11.6. The molecule has 1 aromatic carbocycles. The molecule has 2 rings (SSSR count). The smallest absolute Gasteiger partial charge is 0.269 e. The van der Waals surface area contributed by atoms with Crippen LogP contribution in [0.1, 0.15) is 24.8 Å². The van der Waals surface area contributed by atoms with Gasteiger partial charge in [-0.15, -0.1) is 5.10 Å². The van der Waals surface area contributed by atoms with Gasteiger partial charge in [-0.2, -0.15) is 0 Å². The highest BCUT2D eigenvalue weighted by molar-refractivity contribution is 8.14. The number of hydrazone groups is 1. The molecule has 0 radical (unpaired) electrons. The molecule has 0 fully saturated rings. The third kappa shape index (κ3) is 3.37. The van der Waals surface area contributed by atoms with E-state index in [9.17, 15) is 19.7 Å². The van der Waals surface area contributed by atoms with Gasteiger partial charge in [-0.3, -0.25) is 19.7 Å². The monoisotopic (exact) mass is 342 g/mol. The molecule has 0 unspecified atom stereocenters. The summed E-state index contributed by atoms with van der Waals surface area (Å²) in [7, 11) is 0. The third-order valence-corrected chi connectivity index (χ3v) is 4.13. The van der Waals surface area contributed by atoms with Crippen molar-refractivity contribution in [3.05, 3.63) is 38.9 Å². The minimum absolute atomic E-state index is 0.142. The Balaban J connectivity index is 2.39. The number of amides is 2. The van der Waals surface area contributed by atoms with Gasteiger partial charge in [-0.25, -0.2) is 5.01 Å². The van der Waals surface area contributed by atoms with Crippen molar-refractivity contribution in [3.8, 4) is 0 Å². The Hall–Kier alpha value is -2.13. The number of benzene rings is 1. The molecule has 8 nitrogen and oxygen atoms in total. The lowest BCUT2D eigenvalue weighted by Crippen LogP contribution is -2.25. The van der Waals surface area contributed by atoms with Crippen LogP contribution < -0.4 is 5.32 Å². The number of hydrogen-bond acceptors (Lipinski definition) is 6. The van der Waals surface area contributed by atoms with Gasteiger partial charge in [-0.05, 0) is 6.07 Å². The van der Waals surface area contributed by atoms with E-state index in [1.165, 1.54) is 32.0 Å². The lowest BCUT2D eigenvalue weighted by atomic mass is 10.2. The van der Waals surface area contributed by atoms with Gasteiger partial charge in [0.15, 0.2) is 5.17 Å². The number of nitrogens with one attached hydrogen (secondary N) is 1. The van der Waals surface area contributed by atoms with Crippen LogP contribution >= 0.6 is 23.4 Å². The lowest BCUT2D eigenvalue weighted by molar-refractivity contribution is -0.384. The third-order valence-electron chi connectivity index (χ3n) is 2.71. The molecule has 1 aliphatic heterocycles. The maximum atomic E-state index is 11.7. The number of carbonyl (C=O) groups excluding carboxylic acids is 2. The Morgan fingerprint density at radius 3 is 2.68 bits per heavy atom. The van der Waals surface area contributed by atoms with E-state index in [4.69, 9.17) is 11.6 Å². The van der Waals surface area contributed by atoms with Crippen molar-refractivity contribution >= 4 is 46.0 Å². The standard InChI is InChI=1S/C12H11ClN4O4S/c1-6(18)14-12-15-16(7(2)19)11(22-12)9-5-8(17(20)21)3-4-10(9)13/h3-5,11H,1-2H3,(H,14,15,18)/t11-/m0/s1. The second-order valence-electron chi connectivity index (χ2n) is 4.38. The van der Waals surface area contributed by atoms with Crippen LogP contribution in [0.5, 0.6) is 0 Å². The van der Waals surface area contributed by atoms with E-state index in [1.54, 1.807) is 0 Å². The van der Waals surface area contributed by atoms with E-state index < -0.39 is 10.3 Å². The maximum Gasteiger partial charge on any atom is 0.269 e. The fourth-order valence-corrected chi connectivity index (χ4v) is 3.25. The van der Waals surface area contributed by atoms with Crippen LogP contribution in [0.15, 0.2) is 23.3 Å². The topological polar surface area (TPSA) is 105 Å². The van der Waals surface area contributed by atoms with E-state index >= 15 is 0 Å². The van der Waals surface area contributed by atoms with Gasteiger partial charge in [0.1, 0.15) is 5.37 Å². The molecule has 1 N–H and O–H groups in total. The Labute approximate surface area is 134 Å². The highest BCUT2D eigenvalue weighted by Gasteiger charge is 2.34. The first-order chi connectivity index (χ1) is 10.3. The molecule has 2 amide bonds. The highest BCUT2D eigenvalue weighted by atomic mass is 35.5. The minimum atomic E-state index is -0.674. The summed E-state index contributed by atoms with van der Waals surface area (Å²) in [5.74, 6) is -0.707. The largest absolute Gasteiger partial charge is 0.304 e. The van der Waals surface area contributed by atoms with Gasteiger partial charge in [0.05, 0.1) is 4.92 Å². The summed E-state index contributed by atoms with van der Waals surface area (Å²) >= 11 is 7.17. The average molecular weight is 343 g/mol. The second-order valence-corrected chi connectivity index (χ2v) is 5.86. The van der Waals surface area contributed by atoms with E-state index in [2.05, 4.69) is 10.4 Å². The summed E-state index contributed by atoms with van der Waals surface area (Å²) in [5.41, 5.74) is 0.233. The Kier molecular flexibility index (Phi) is 4.67. The van der Waals surface area contributed by atoms with Gasteiger partial charge in [0, 0.05) is 36.6 Å². The van der Waals surface area contributed by atoms with Crippen molar-refractivity contribution < 1.29 is 14.5 Å². The van der Waals surface area contributed by atoms with E-state index in [-0.39, 0.29) is 27.7 Å². The average Bonchev–Trinajstić information content (AvgIpc) is 2.81. The summed E-state index contributed by atoms with van der Waals surface area (Å²) in [6.45, 7) is 2.62. The van der Waals surface area contributed by atoms with Crippen molar-refractivity contribution in [1.82, 2.24) is 10.3 Å². The summed E-state index contributed by atoms with van der Waals surface area (Å²) in [6.07, 6.45) is 0. The summed E-state index contributed by atoms with van der Waals surface area (Å²) < 4.78 is 0. The van der Waals surface area contributed by atoms with Crippen LogP contribution in [0.25, 0.3) is 0 Å². The number of thioether (sulfide) groups is 1. The first-order valence-electron chi connectivity index (χ1n) is 6.06. The Morgan fingerprint density at radius 1 is 1.45 bits per heavy atom. The number of nitro benzene ring substituents is 1. The predicted molar refractivity (Wildman–Crippen MR) is 82.2 cm³/mol. The molecular weight excluding hydrogens is 332 g/mol. The Bertz CT molecular complexity index is 694. The van der Waals surface area contributed by atoms with E-state index in [1.807, 2.05) is 0 Å². The number of rotatable bonds is 2. The van der Waals surface area contributed by atoms with Crippen LogP contribution in [0.4, 0.5) is 5.69 Å². The minimum Gasteiger partial charge on any atom is -0.304 e. The number of carbonyl (C=O) groups is 2. The van der Waals surface area contributed by atoms with Gasteiger partial charge in [0.25, 0.3) is 5.69 Å². The molecule has 0 saturated carbocycles. The number of amidine groups is 1. The molecule has 10 heteroatoms. The molecular formula is C12H11ClN4O4S. The lowest BCUT2D eigenvalue weighted by Gasteiger charge is -2.19. The molecule has 1 heterocycles. The first kappa shape index (κ1) is 16.2. The number of hydrogen-bond donors (Lipinski definition) is 1. The molecule has 0 saturated heterocycles. The summed E-state index contributed by atoms with van der Waals surface area (Å²) in [4.78, 5) is 33.2. The van der Waals surface area contributed by atoms with Crippen molar-refractivity contribution in [2.24, 2.45) is 5.10 Å². The molecule has 1 aromatic rings. The predicted octanol–water partition coefficient (Wildman–Crippen LogP) is 2.25. The molecule has 1 atom stereocenters. The van der Waals surface area contributed by atoms with Crippen LogP contribution in [0.2, 0.25) is 5.02 Å². The van der Waals surface area contributed by atoms with Crippen molar-refractivity contribution in [2.45, 2.75) is 19.2 Å². The highest BCUT2D eigenvalue weighted by Crippen LogP contribution is 2.42. The van der Waals surface area contributed by atoms with E-state index in [0.29, 0.717) is 5.56 Å². The van der Waals surface area contributed by atoms with Crippen LogP contribution in [-0.2, 0) is 9.59 Å². The van der Waals surface area contributed by atoms with Gasteiger partial charge >= 0.3 is 0 Å². The quantitative estimate of drug-likeness (QED) is 0.655. The molecule has 0 aliphatic carbocycles. The molecule has 0 spiro atoms. The van der Waals surface area contributed by atoms with Crippen molar-refractivity contribution in [1.29, 1.82) is 0 Å². The van der Waals surface area contributed by atoms with Crippen LogP contribution in [-0.4, -0.2) is 26.9 Å². The maximum absolute atomic E-state index is 11.7. The molecule has 1 aliphatic rings. The fourth-order valence-electron chi connectivity index (χ4n) is 1.80. The first-order valence-corrected chi connectivity index (χ1v) is 7.32. The van der Waals surface area contributed by atoms with Crippen molar-refractivity contribution in [3.63, 3.8) is 0 Å². The molecule has 0 bridgehead atoms. The van der Waals surface area contributed by atoms with Gasteiger partial charge in [0.2, 0.25) is 11.8 Å². The molecule has 0 aromatic heterocycles. The molecule has 22 heavy (non-hydrogen) atoms. The zero-order valence-corrected chi connectivity index (χ0v) is 13.1. The normalized spacial score (nSPS) is 17.1. The van der Waals surface area contributed by atoms with Gasteiger partial charge < -0.3 is 5.32 Å². The summed E-state index contributed by atoms with van der Waals surface area (Å²) in [5, 5.41) is 18.3. The van der Waals surface area contributed by atoms with Crippen LogP contribution in [0.3, 0.4) is 0 Å². The number of nitro groups is 1. The summed E-state index contributed by atoms with van der Waals surface area (Å²) in [6, 6.07) is 3.96. The second kappa shape index (κ2) is 6.32.